The third-order valence-electron chi connectivity index (χ3n) is 3.45. The van der Waals surface area contributed by atoms with Crippen LogP contribution in [0.15, 0.2) is 59.5 Å². The van der Waals surface area contributed by atoms with Gasteiger partial charge in [0.05, 0.1) is 5.52 Å². The smallest absolute Gasteiger partial charge is 0.113 e. The van der Waals surface area contributed by atoms with E-state index in [0.717, 1.165) is 11.0 Å². The van der Waals surface area contributed by atoms with Gasteiger partial charge >= 0.3 is 0 Å². The number of hydrogen-bond acceptors (Lipinski definition) is 3. The second-order valence-corrected chi connectivity index (χ2v) is 13.5. The van der Waals surface area contributed by atoms with E-state index in [9.17, 15) is 0 Å². The molecule has 0 aliphatic carbocycles. The Kier molecular flexibility index (Phi) is 4.36. The van der Waals surface area contributed by atoms with Crippen molar-refractivity contribution in [2.24, 2.45) is 0 Å². The van der Waals surface area contributed by atoms with Crippen molar-refractivity contribution >= 4 is 30.9 Å². The van der Waals surface area contributed by atoms with Crippen molar-refractivity contribution in [1.82, 2.24) is 15.0 Å². The van der Waals surface area contributed by atoms with Crippen LogP contribution < -0.4 is 0 Å². The average Bonchev–Trinajstić information content (AvgIpc) is 2.90. The highest BCUT2D eigenvalue weighted by atomic mass is 32.2. The number of benzene rings is 2. The molecule has 0 aliphatic rings. The van der Waals surface area contributed by atoms with Gasteiger partial charge in [0.25, 0.3) is 0 Å². The van der Waals surface area contributed by atoms with E-state index < -0.39 is 8.07 Å². The average molecular weight is 328 g/mol. The number of aromatic nitrogens is 3. The molecule has 0 radical (unpaired) electrons. The third-order valence-corrected chi connectivity index (χ3v) is 6.54. The SMILES string of the molecule is C[Si](C)(C)CC(Sc1ccccc1)n1nnc2ccccc21. The Morgan fingerprint density at radius 2 is 1.68 bits per heavy atom. The summed E-state index contributed by atoms with van der Waals surface area (Å²) in [7, 11) is -1.23. The first kappa shape index (κ1) is 15.3. The quantitative estimate of drug-likeness (QED) is 0.485. The molecule has 1 heterocycles. The highest BCUT2D eigenvalue weighted by Gasteiger charge is 2.25. The van der Waals surface area contributed by atoms with Crippen LogP contribution in [0.2, 0.25) is 25.7 Å². The first-order chi connectivity index (χ1) is 10.5. The summed E-state index contributed by atoms with van der Waals surface area (Å²) in [5, 5.41) is 9.06. The van der Waals surface area contributed by atoms with Crippen LogP contribution in [0, 0.1) is 0 Å². The molecule has 0 bridgehead atoms. The summed E-state index contributed by atoms with van der Waals surface area (Å²) < 4.78 is 2.10. The van der Waals surface area contributed by atoms with Crippen molar-refractivity contribution in [2.75, 3.05) is 0 Å². The summed E-state index contributed by atoms with van der Waals surface area (Å²) in [6.07, 6.45) is 0. The highest BCUT2D eigenvalue weighted by molar-refractivity contribution is 7.99. The van der Waals surface area contributed by atoms with Crippen LogP contribution in [-0.2, 0) is 0 Å². The fraction of sp³-hybridized carbons (Fsp3) is 0.294. The van der Waals surface area contributed by atoms with Gasteiger partial charge < -0.3 is 0 Å². The zero-order chi connectivity index (χ0) is 15.6. The summed E-state index contributed by atoms with van der Waals surface area (Å²) >= 11 is 1.88. The summed E-state index contributed by atoms with van der Waals surface area (Å²) in [6, 6.07) is 19.9. The van der Waals surface area contributed by atoms with E-state index in [4.69, 9.17) is 0 Å². The molecule has 0 spiro atoms. The minimum Gasteiger partial charge on any atom is -0.232 e. The number of rotatable bonds is 5. The fourth-order valence-electron chi connectivity index (χ4n) is 2.46. The van der Waals surface area contributed by atoms with Crippen molar-refractivity contribution in [1.29, 1.82) is 0 Å². The van der Waals surface area contributed by atoms with Crippen LogP contribution in [0.4, 0.5) is 0 Å². The molecular formula is C17H21N3SSi. The molecule has 1 atom stereocenters. The molecule has 3 rings (SSSR count). The Labute approximate surface area is 136 Å². The van der Waals surface area contributed by atoms with Crippen LogP contribution >= 0.6 is 11.8 Å². The van der Waals surface area contributed by atoms with Crippen molar-refractivity contribution < 1.29 is 0 Å². The second-order valence-electron chi connectivity index (χ2n) is 6.67. The van der Waals surface area contributed by atoms with E-state index in [1.54, 1.807) is 0 Å². The Balaban J connectivity index is 1.97. The summed E-state index contributed by atoms with van der Waals surface area (Å²) in [4.78, 5) is 1.28. The maximum Gasteiger partial charge on any atom is 0.113 e. The molecule has 0 saturated heterocycles. The van der Waals surface area contributed by atoms with E-state index in [-0.39, 0.29) is 0 Å². The molecule has 1 unspecified atom stereocenters. The maximum absolute atomic E-state index is 4.44. The molecule has 0 fully saturated rings. The molecule has 3 aromatic rings. The summed E-state index contributed by atoms with van der Waals surface area (Å²) in [5.74, 6) is 0. The van der Waals surface area contributed by atoms with Crippen LogP contribution in [0.1, 0.15) is 5.37 Å². The van der Waals surface area contributed by atoms with Crippen LogP contribution in [0.25, 0.3) is 11.0 Å². The van der Waals surface area contributed by atoms with Gasteiger partial charge in [0, 0.05) is 13.0 Å². The minimum atomic E-state index is -1.23. The lowest BCUT2D eigenvalue weighted by Crippen LogP contribution is -2.24. The zero-order valence-corrected chi connectivity index (χ0v) is 15.0. The maximum atomic E-state index is 4.44. The molecule has 0 aliphatic heterocycles. The van der Waals surface area contributed by atoms with Gasteiger partial charge in [-0.25, -0.2) is 4.68 Å². The van der Waals surface area contributed by atoms with Gasteiger partial charge in [-0.3, -0.25) is 0 Å². The molecule has 2 aromatic carbocycles. The fourth-order valence-corrected chi connectivity index (χ4v) is 6.40. The first-order valence-electron chi connectivity index (χ1n) is 7.55. The lowest BCUT2D eigenvalue weighted by atomic mass is 10.3. The van der Waals surface area contributed by atoms with Gasteiger partial charge in [-0.05, 0) is 30.3 Å². The third kappa shape index (κ3) is 3.59. The van der Waals surface area contributed by atoms with Gasteiger partial charge in [0.1, 0.15) is 10.9 Å². The summed E-state index contributed by atoms with van der Waals surface area (Å²) in [6.45, 7) is 7.22. The van der Waals surface area contributed by atoms with Crippen LogP contribution in [0.3, 0.4) is 0 Å². The monoisotopic (exact) mass is 327 g/mol. The normalized spacial score (nSPS) is 13.4. The number of nitrogens with zero attached hydrogens (tertiary/aromatic N) is 3. The Morgan fingerprint density at radius 3 is 2.41 bits per heavy atom. The molecule has 5 heteroatoms. The molecule has 22 heavy (non-hydrogen) atoms. The summed E-state index contributed by atoms with van der Waals surface area (Å²) in [5.41, 5.74) is 2.09. The van der Waals surface area contributed by atoms with Crippen LogP contribution in [-0.4, -0.2) is 23.1 Å². The van der Waals surface area contributed by atoms with E-state index in [1.165, 1.54) is 10.9 Å². The van der Waals surface area contributed by atoms with Crippen molar-refractivity contribution in [3.8, 4) is 0 Å². The molecule has 0 amide bonds. The topological polar surface area (TPSA) is 30.7 Å². The number of hydrogen-bond donors (Lipinski definition) is 0. The second kappa shape index (κ2) is 6.26. The largest absolute Gasteiger partial charge is 0.232 e. The number of fused-ring (bicyclic) bond motifs is 1. The van der Waals surface area contributed by atoms with E-state index in [2.05, 4.69) is 77.1 Å². The molecular weight excluding hydrogens is 306 g/mol. The van der Waals surface area contributed by atoms with Crippen LogP contribution in [0.5, 0.6) is 0 Å². The van der Waals surface area contributed by atoms with Crippen molar-refractivity contribution in [2.45, 2.75) is 36.0 Å². The Bertz CT molecular complexity index is 749. The molecule has 0 N–H and O–H groups in total. The van der Waals surface area contributed by atoms with Gasteiger partial charge in [-0.2, -0.15) is 0 Å². The number of para-hydroxylation sites is 1. The van der Waals surface area contributed by atoms with E-state index >= 15 is 0 Å². The molecule has 1 aromatic heterocycles. The lowest BCUT2D eigenvalue weighted by molar-refractivity contribution is 0.625. The Hall–Kier alpha value is -1.59. The van der Waals surface area contributed by atoms with E-state index in [0.29, 0.717) is 5.37 Å². The molecule has 3 nitrogen and oxygen atoms in total. The lowest BCUT2D eigenvalue weighted by Gasteiger charge is -2.24. The first-order valence-corrected chi connectivity index (χ1v) is 12.1. The van der Waals surface area contributed by atoms with Crippen molar-refractivity contribution in [3.63, 3.8) is 0 Å². The predicted octanol–water partition coefficient (Wildman–Crippen LogP) is 5.06. The van der Waals surface area contributed by atoms with Crippen molar-refractivity contribution in [3.05, 3.63) is 54.6 Å². The van der Waals surface area contributed by atoms with E-state index in [1.807, 2.05) is 23.9 Å². The predicted molar refractivity (Wildman–Crippen MR) is 97.0 cm³/mol. The van der Waals surface area contributed by atoms with Gasteiger partial charge in [0.2, 0.25) is 0 Å². The van der Waals surface area contributed by atoms with Gasteiger partial charge in [-0.15, -0.1) is 5.10 Å². The molecule has 114 valence electrons. The van der Waals surface area contributed by atoms with Gasteiger partial charge in [-0.1, -0.05) is 66.9 Å². The minimum absolute atomic E-state index is 0.293. The standard InChI is InChI=1S/C17H21N3SSi/c1-22(2,3)13-17(21-14-9-5-4-6-10-14)20-16-12-8-7-11-15(16)18-19-20/h4-12,17H,13H2,1-3H3. The zero-order valence-electron chi connectivity index (χ0n) is 13.2. The number of thioether (sulfide) groups is 1. The Morgan fingerprint density at radius 1 is 1.00 bits per heavy atom. The molecule has 0 saturated carbocycles. The van der Waals surface area contributed by atoms with Gasteiger partial charge in [0.15, 0.2) is 0 Å². The highest BCUT2D eigenvalue weighted by Crippen LogP contribution is 2.38.